The van der Waals surface area contributed by atoms with Crippen molar-refractivity contribution in [2.24, 2.45) is 11.8 Å². The quantitative estimate of drug-likeness (QED) is 0.486. The lowest BCUT2D eigenvalue weighted by Crippen LogP contribution is -2.55. The van der Waals surface area contributed by atoms with Crippen LogP contribution in [0.3, 0.4) is 0 Å². The zero-order valence-electron chi connectivity index (χ0n) is 21.4. The van der Waals surface area contributed by atoms with Crippen molar-refractivity contribution in [1.82, 2.24) is 25.1 Å². The van der Waals surface area contributed by atoms with Gasteiger partial charge in [-0.05, 0) is 48.9 Å². The number of carbonyl (C=O) groups is 3. The number of amides is 2. The second-order valence-corrected chi connectivity index (χ2v) is 10.9. The van der Waals surface area contributed by atoms with Gasteiger partial charge in [-0.25, -0.2) is 4.98 Å². The van der Waals surface area contributed by atoms with Gasteiger partial charge in [0.1, 0.15) is 17.8 Å². The molecule has 196 valence electrons. The van der Waals surface area contributed by atoms with Crippen molar-refractivity contribution in [3.63, 3.8) is 0 Å². The van der Waals surface area contributed by atoms with E-state index in [1.165, 1.54) is 6.20 Å². The topological polar surface area (TPSA) is 116 Å². The maximum atomic E-state index is 14.1. The van der Waals surface area contributed by atoms with Crippen LogP contribution in [0.2, 0.25) is 0 Å². The summed E-state index contributed by atoms with van der Waals surface area (Å²) in [7, 11) is 0. The molecule has 1 saturated carbocycles. The molecule has 2 N–H and O–H groups in total. The van der Waals surface area contributed by atoms with Crippen molar-refractivity contribution < 1.29 is 19.5 Å². The number of likely N-dealkylation sites (tertiary alicyclic amines) is 2. The predicted octanol–water partition coefficient (Wildman–Crippen LogP) is 2.32. The molecule has 1 aromatic carbocycles. The number of para-hydroxylation sites is 1. The summed E-state index contributed by atoms with van der Waals surface area (Å²) in [6, 6.07) is 13.7. The van der Waals surface area contributed by atoms with E-state index >= 15 is 0 Å². The normalized spacial score (nSPS) is 27.2. The van der Waals surface area contributed by atoms with E-state index in [4.69, 9.17) is 0 Å². The number of aromatic nitrogens is 2. The lowest BCUT2D eigenvalue weighted by atomic mass is 10.0. The number of carbonyl (C=O) groups excluding carboxylic acids is 3. The smallest absolute Gasteiger partial charge is 0.256 e. The molecule has 1 aliphatic carbocycles. The molecule has 2 aliphatic heterocycles. The molecule has 2 amide bonds. The summed E-state index contributed by atoms with van der Waals surface area (Å²) in [5.41, 5.74) is 0.642. The van der Waals surface area contributed by atoms with Crippen molar-refractivity contribution in [2.75, 3.05) is 13.1 Å². The second-order valence-electron chi connectivity index (χ2n) is 10.9. The third kappa shape index (κ3) is 3.97. The van der Waals surface area contributed by atoms with Gasteiger partial charge in [-0.1, -0.05) is 38.1 Å². The molecule has 6 rings (SSSR count). The minimum absolute atomic E-state index is 0.00814. The predicted molar refractivity (Wildman–Crippen MR) is 140 cm³/mol. The summed E-state index contributed by atoms with van der Waals surface area (Å²) in [6.07, 6.45) is 3.05. The number of Topliss-reactive ketones (excluding diaryl/α,β-unsaturated/α-hetero) is 1. The largest absolute Gasteiger partial charge is 0.373 e. The molecule has 2 aromatic heterocycles. The number of benzene rings is 1. The van der Waals surface area contributed by atoms with Crippen LogP contribution in [0, 0.1) is 11.8 Å². The molecule has 9 nitrogen and oxygen atoms in total. The van der Waals surface area contributed by atoms with Crippen LogP contribution >= 0.6 is 0 Å². The molecule has 4 heterocycles. The Labute approximate surface area is 220 Å². The number of pyridine rings is 2. The van der Waals surface area contributed by atoms with Crippen LogP contribution in [-0.2, 0) is 9.59 Å². The maximum Gasteiger partial charge on any atom is 0.256 e. The number of hydrogen-bond acceptors (Lipinski definition) is 7. The summed E-state index contributed by atoms with van der Waals surface area (Å²) in [5, 5.41) is 15.3. The molecule has 9 heteroatoms. The molecule has 38 heavy (non-hydrogen) atoms. The van der Waals surface area contributed by atoms with Gasteiger partial charge >= 0.3 is 0 Å². The monoisotopic (exact) mass is 513 g/mol. The number of fused-ring (bicyclic) bond motifs is 2. The van der Waals surface area contributed by atoms with E-state index in [0.717, 1.165) is 10.9 Å². The summed E-state index contributed by atoms with van der Waals surface area (Å²) >= 11 is 0. The van der Waals surface area contributed by atoms with Gasteiger partial charge in [0, 0.05) is 24.3 Å². The van der Waals surface area contributed by atoms with E-state index in [1.807, 2.05) is 30.3 Å². The number of ketones is 1. The van der Waals surface area contributed by atoms with Gasteiger partial charge in [-0.3, -0.25) is 24.7 Å². The Morgan fingerprint density at radius 3 is 2.66 bits per heavy atom. The molecule has 3 aromatic rings. The summed E-state index contributed by atoms with van der Waals surface area (Å²) < 4.78 is 0. The molecular weight excluding hydrogens is 482 g/mol. The van der Waals surface area contributed by atoms with Gasteiger partial charge in [0.05, 0.1) is 29.4 Å². The van der Waals surface area contributed by atoms with Crippen LogP contribution in [0.15, 0.2) is 60.9 Å². The molecule has 2 saturated heterocycles. The summed E-state index contributed by atoms with van der Waals surface area (Å²) in [6.45, 7) is 4.48. The average molecular weight is 514 g/mol. The molecular formula is C29H31N5O4. The lowest BCUT2D eigenvalue weighted by molar-refractivity contribution is -0.140. The van der Waals surface area contributed by atoms with Crippen LogP contribution < -0.4 is 5.32 Å². The van der Waals surface area contributed by atoms with E-state index < -0.39 is 17.8 Å². The first-order valence-electron chi connectivity index (χ1n) is 13.2. The minimum Gasteiger partial charge on any atom is -0.373 e. The van der Waals surface area contributed by atoms with Gasteiger partial charge in [-0.2, -0.15) is 0 Å². The number of aliphatic hydroxyl groups is 1. The second kappa shape index (κ2) is 9.25. The fourth-order valence-corrected chi connectivity index (χ4v) is 6.35. The first kappa shape index (κ1) is 24.6. The fourth-order valence-electron chi connectivity index (χ4n) is 6.35. The Kier molecular flexibility index (Phi) is 6.00. The van der Waals surface area contributed by atoms with Gasteiger partial charge < -0.3 is 14.9 Å². The van der Waals surface area contributed by atoms with Gasteiger partial charge in [0.15, 0.2) is 5.78 Å². The van der Waals surface area contributed by atoms with Crippen LogP contribution in [0.1, 0.15) is 49.0 Å². The van der Waals surface area contributed by atoms with Crippen LogP contribution in [0.25, 0.3) is 10.9 Å². The van der Waals surface area contributed by atoms with E-state index in [9.17, 15) is 19.5 Å². The van der Waals surface area contributed by atoms with Crippen molar-refractivity contribution >= 4 is 28.5 Å². The molecule has 0 bridgehead atoms. The highest BCUT2D eigenvalue weighted by molar-refractivity contribution is 6.03. The standard InChI is InChI=1S/C29H31N5O4/c1-17(2)20-14-29(20,32-26(36)22-10-9-18-6-3-4-8-21(18)31-22)28(38)33-13-11-23-25(33)24(35)16-34(23)27(37)19-7-5-12-30-15-19/h3-10,12,15,17,20,23,25-26,32,36H,11,13-14,16H2,1-2H3/t20?,23-,25?,26?,29?/m1/s1. The van der Waals surface area contributed by atoms with Crippen molar-refractivity contribution in [2.45, 2.75) is 50.5 Å². The Hall–Kier alpha value is -3.69. The number of nitrogens with one attached hydrogen (secondary N) is 1. The third-order valence-corrected chi connectivity index (χ3v) is 8.35. The molecule has 3 fully saturated rings. The number of aliphatic hydroxyl groups excluding tert-OH is 1. The number of hydrogen-bond donors (Lipinski definition) is 2. The van der Waals surface area contributed by atoms with E-state index in [0.29, 0.717) is 30.6 Å². The minimum atomic E-state index is -1.14. The van der Waals surface area contributed by atoms with Crippen molar-refractivity contribution in [1.29, 1.82) is 0 Å². The highest BCUT2D eigenvalue weighted by atomic mass is 16.3. The van der Waals surface area contributed by atoms with Gasteiger partial charge in [0.25, 0.3) is 5.91 Å². The molecule has 4 unspecified atom stereocenters. The number of rotatable bonds is 6. The highest BCUT2D eigenvalue weighted by Crippen LogP contribution is 2.51. The zero-order valence-corrected chi connectivity index (χ0v) is 21.4. The van der Waals surface area contributed by atoms with Gasteiger partial charge in [0.2, 0.25) is 5.91 Å². The average Bonchev–Trinajstić information content (AvgIpc) is 3.35. The lowest BCUT2D eigenvalue weighted by Gasteiger charge is -2.31. The Morgan fingerprint density at radius 1 is 1.11 bits per heavy atom. The summed E-state index contributed by atoms with van der Waals surface area (Å²) in [5.74, 6) is -0.358. The highest BCUT2D eigenvalue weighted by Gasteiger charge is 2.65. The number of nitrogens with zero attached hydrogens (tertiary/aromatic N) is 4. The third-order valence-electron chi connectivity index (χ3n) is 8.35. The maximum absolute atomic E-state index is 14.1. The van der Waals surface area contributed by atoms with Crippen molar-refractivity contribution in [3.05, 3.63) is 72.2 Å². The van der Waals surface area contributed by atoms with E-state index in [1.54, 1.807) is 34.2 Å². The first-order chi connectivity index (χ1) is 18.3. The molecule has 5 atom stereocenters. The molecule has 0 radical (unpaired) electrons. The fraction of sp³-hybridized carbons (Fsp3) is 0.414. The Bertz CT molecular complexity index is 1410. The van der Waals surface area contributed by atoms with Crippen LogP contribution in [0.4, 0.5) is 0 Å². The van der Waals surface area contributed by atoms with Crippen molar-refractivity contribution in [3.8, 4) is 0 Å². The Balaban J connectivity index is 1.24. The SMILES string of the molecule is CC(C)C1CC1(NC(O)c1ccc2ccccc2n1)C(=O)N1CC[C@@H]2C1C(=O)CN2C(=O)c1cccnc1. The van der Waals surface area contributed by atoms with E-state index in [2.05, 4.69) is 29.1 Å². The summed E-state index contributed by atoms with van der Waals surface area (Å²) in [4.78, 5) is 52.3. The van der Waals surface area contributed by atoms with Gasteiger partial charge in [-0.15, -0.1) is 0 Å². The van der Waals surface area contributed by atoms with E-state index in [-0.39, 0.29) is 42.0 Å². The Morgan fingerprint density at radius 2 is 1.92 bits per heavy atom. The first-order valence-corrected chi connectivity index (χ1v) is 13.2. The molecule has 3 aliphatic rings. The van der Waals surface area contributed by atoms with Crippen LogP contribution in [0.5, 0.6) is 0 Å². The van der Waals surface area contributed by atoms with Crippen LogP contribution in [-0.4, -0.2) is 73.2 Å². The zero-order chi connectivity index (χ0) is 26.6. The molecule has 0 spiro atoms.